The van der Waals surface area contributed by atoms with E-state index in [0.29, 0.717) is 34.3 Å². The number of rotatable bonds is 7. The number of methoxy groups -OCH3 is 1. The lowest BCUT2D eigenvalue weighted by atomic mass is 10.1. The van der Waals surface area contributed by atoms with Crippen LogP contribution < -0.4 is 10.1 Å². The number of aromatic nitrogens is 5. The Morgan fingerprint density at radius 1 is 1.16 bits per heavy atom. The van der Waals surface area contributed by atoms with Crippen molar-refractivity contribution >= 4 is 11.5 Å². The first kappa shape index (κ1) is 20.1. The molecule has 0 saturated carbocycles. The fourth-order valence-electron chi connectivity index (χ4n) is 3.07. The predicted molar refractivity (Wildman–Crippen MR) is 114 cm³/mol. The van der Waals surface area contributed by atoms with Gasteiger partial charge in [-0.05, 0) is 25.1 Å². The molecule has 0 aliphatic rings. The molecule has 1 unspecified atom stereocenters. The van der Waals surface area contributed by atoms with E-state index in [4.69, 9.17) is 10.1 Å². The van der Waals surface area contributed by atoms with Crippen molar-refractivity contribution in [2.75, 3.05) is 12.4 Å². The molecule has 1 aromatic carbocycles. The van der Waals surface area contributed by atoms with E-state index in [9.17, 15) is 4.39 Å². The SMILES string of the molecule is COc1cccc(C(=N)c2cncnc2NC(C)c2cn(-c3ccccc3F)cn2)n1. The van der Waals surface area contributed by atoms with Gasteiger partial charge in [-0.3, -0.25) is 5.41 Å². The van der Waals surface area contributed by atoms with E-state index in [0.717, 1.165) is 0 Å². The highest BCUT2D eigenvalue weighted by molar-refractivity contribution is 6.12. The lowest BCUT2D eigenvalue weighted by Crippen LogP contribution is -2.14. The Balaban J connectivity index is 1.58. The summed E-state index contributed by atoms with van der Waals surface area (Å²) in [6, 6.07) is 11.4. The average Bonchev–Trinajstić information content (AvgIpc) is 3.29. The molecule has 31 heavy (non-hydrogen) atoms. The van der Waals surface area contributed by atoms with E-state index in [1.165, 1.54) is 19.5 Å². The van der Waals surface area contributed by atoms with Crippen LogP contribution in [-0.4, -0.2) is 37.3 Å². The summed E-state index contributed by atoms with van der Waals surface area (Å²) in [6.45, 7) is 1.91. The fraction of sp³-hybridized carbons (Fsp3) is 0.136. The molecule has 0 aliphatic heterocycles. The van der Waals surface area contributed by atoms with Crippen molar-refractivity contribution in [3.05, 3.63) is 90.3 Å². The largest absolute Gasteiger partial charge is 0.481 e. The van der Waals surface area contributed by atoms with Crippen LogP contribution in [0.1, 0.15) is 29.9 Å². The summed E-state index contributed by atoms with van der Waals surface area (Å²) in [4.78, 5) is 17.1. The predicted octanol–water partition coefficient (Wildman–Crippen LogP) is 3.79. The Bertz CT molecular complexity index is 1220. The van der Waals surface area contributed by atoms with Gasteiger partial charge in [0.25, 0.3) is 0 Å². The van der Waals surface area contributed by atoms with Gasteiger partial charge in [0, 0.05) is 18.5 Å². The highest BCUT2D eigenvalue weighted by atomic mass is 19.1. The number of hydrogen-bond acceptors (Lipinski definition) is 7. The minimum Gasteiger partial charge on any atom is -0.481 e. The third-order valence-electron chi connectivity index (χ3n) is 4.70. The summed E-state index contributed by atoms with van der Waals surface area (Å²) in [7, 11) is 1.52. The van der Waals surface area contributed by atoms with Crippen LogP contribution in [0.3, 0.4) is 0 Å². The van der Waals surface area contributed by atoms with E-state index in [2.05, 4.69) is 25.3 Å². The van der Waals surface area contributed by atoms with Crippen molar-refractivity contribution < 1.29 is 9.13 Å². The number of hydrogen-bond donors (Lipinski definition) is 2. The van der Waals surface area contributed by atoms with Gasteiger partial charge in [0.1, 0.15) is 18.0 Å². The van der Waals surface area contributed by atoms with Gasteiger partial charge >= 0.3 is 0 Å². The second kappa shape index (κ2) is 8.70. The Kier molecular flexibility index (Phi) is 5.65. The van der Waals surface area contributed by atoms with E-state index in [1.807, 2.05) is 6.92 Å². The molecule has 156 valence electrons. The summed E-state index contributed by atoms with van der Waals surface area (Å²) in [5.41, 5.74) is 2.20. The monoisotopic (exact) mass is 417 g/mol. The lowest BCUT2D eigenvalue weighted by molar-refractivity contribution is 0.397. The molecule has 0 saturated heterocycles. The Morgan fingerprint density at radius 2 is 2.00 bits per heavy atom. The van der Waals surface area contributed by atoms with Gasteiger partial charge in [-0.1, -0.05) is 18.2 Å². The van der Waals surface area contributed by atoms with Crippen molar-refractivity contribution in [3.8, 4) is 11.6 Å². The molecule has 4 aromatic rings. The number of nitrogens with zero attached hydrogens (tertiary/aromatic N) is 5. The minimum absolute atomic E-state index is 0.158. The van der Waals surface area contributed by atoms with Gasteiger partial charge in [0.05, 0.1) is 47.8 Å². The number of para-hydroxylation sites is 1. The van der Waals surface area contributed by atoms with Crippen LogP contribution in [-0.2, 0) is 0 Å². The van der Waals surface area contributed by atoms with Crippen molar-refractivity contribution in [2.24, 2.45) is 0 Å². The highest BCUT2D eigenvalue weighted by Crippen LogP contribution is 2.23. The number of pyridine rings is 1. The van der Waals surface area contributed by atoms with Gasteiger partial charge in [-0.25, -0.2) is 24.3 Å². The maximum Gasteiger partial charge on any atom is 0.213 e. The molecule has 8 nitrogen and oxygen atoms in total. The molecular formula is C22H20FN7O. The maximum atomic E-state index is 14.1. The molecule has 0 fully saturated rings. The van der Waals surface area contributed by atoms with E-state index in [-0.39, 0.29) is 17.6 Å². The van der Waals surface area contributed by atoms with Crippen LogP contribution in [0, 0.1) is 11.2 Å². The third-order valence-corrected chi connectivity index (χ3v) is 4.70. The van der Waals surface area contributed by atoms with E-state index >= 15 is 0 Å². The summed E-state index contributed by atoms with van der Waals surface area (Å²) < 4.78 is 20.8. The van der Waals surface area contributed by atoms with Crippen LogP contribution in [0.4, 0.5) is 10.2 Å². The molecule has 0 bridgehead atoms. The van der Waals surface area contributed by atoms with Crippen LogP contribution >= 0.6 is 0 Å². The normalized spacial score (nSPS) is 11.7. The molecular weight excluding hydrogens is 397 g/mol. The van der Waals surface area contributed by atoms with Crippen molar-refractivity contribution in [1.29, 1.82) is 5.41 Å². The second-order valence-electron chi connectivity index (χ2n) is 6.75. The molecule has 4 rings (SSSR count). The summed E-state index contributed by atoms with van der Waals surface area (Å²) in [5.74, 6) is 0.558. The first-order valence-corrected chi connectivity index (χ1v) is 9.52. The Hall–Kier alpha value is -4.14. The van der Waals surface area contributed by atoms with Crippen molar-refractivity contribution in [3.63, 3.8) is 0 Å². The van der Waals surface area contributed by atoms with Gasteiger partial charge < -0.3 is 14.6 Å². The number of anilines is 1. The molecule has 3 aromatic heterocycles. The van der Waals surface area contributed by atoms with Gasteiger partial charge in [0.15, 0.2) is 0 Å². The summed E-state index contributed by atoms with van der Waals surface area (Å²) in [6.07, 6.45) is 6.28. The van der Waals surface area contributed by atoms with Crippen molar-refractivity contribution in [1.82, 2.24) is 24.5 Å². The third kappa shape index (κ3) is 4.25. The smallest absolute Gasteiger partial charge is 0.213 e. The number of halogens is 1. The zero-order valence-corrected chi connectivity index (χ0v) is 17.0. The summed E-state index contributed by atoms with van der Waals surface area (Å²) in [5, 5.41) is 11.8. The molecule has 3 heterocycles. The first-order valence-electron chi connectivity index (χ1n) is 9.52. The second-order valence-corrected chi connectivity index (χ2v) is 6.75. The molecule has 0 radical (unpaired) electrons. The van der Waals surface area contributed by atoms with Crippen LogP contribution in [0.15, 0.2) is 67.5 Å². The fourth-order valence-corrected chi connectivity index (χ4v) is 3.07. The topological polar surface area (TPSA) is 102 Å². The Morgan fingerprint density at radius 3 is 2.81 bits per heavy atom. The molecule has 0 aliphatic carbocycles. The minimum atomic E-state index is -0.329. The van der Waals surface area contributed by atoms with E-state index in [1.54, 1.807) is 59.7 Å². The van der Waals surface area contributed by atoms with Crippen LogP contribution in [0.5, 0.6) is 5.88 Å². The summed E-state index contributed by atoms with van der Waals surface area (Å²) >= 11 is 0. The number of nitrogens with one attached hydrogen (secondary N) is 2. The van der Waals surface area contributed by atoms with Gasteiger partial charge in [0.2, 0.25) is 5.88 Å². The number of imidazole rings is 1. The lowest BCUT2D eigenvalue weighted by Gasteiger charge is -2.15. The molecule has 9 heteroatoms. The van der Waals surface area contributed by atoms with Crippen LogP contribution in [0.25, 0.3) is 5.69 Å². The van der Waals surface area contributed by atoms with Gasteiger partial charge in [-0.2, -0.15) is 0 Å². The maximum absolute atomic E-state index is 14.1. The quantitative estimate of drug-likeness (QED) is 0.444. The van der Waals surface area contributed by atoms with Crippen molar-refractivity contribution in [2.45, 2.75) is 13.0 Å². The number of benzene rings is 1. The first-order chi connectivity index (χ1) is 15.1. The zero-order chi connectivity index (χ0) is 21.8. The standard InChI is InChI=1S/C22H20FN7O/c1-14(18-11-30(13-27-18)19-8-4-3-6-16(19)23)28-22-15(10-25-12-26-22)21(24)17-7-5-9-20(29-17)31-2/h3-14,24H,1-2H3,(H,25,26,28). The average molecular weight is 417 g/mol. The number of ether oxygens (including phenoxy) is 1. The van der Waals surface area contributed by atoms with E-state index < -0.39 is 0 Å². The zero-order valence-electron chi connectivity index (χ0n) is 17.0. The highest BCUT2D eigenvalue weighted by Gasteiger charge is 2.17. The van der Waals surface area contributed by atoms with Crippen LogP contribution in [0.2, 0.25) is 0 Å². The molecule has 0 spiro atoms. The molecule has 2 N–H and O–H groups in total. The molecule has 1 atom stereocenters. The Labute approximate surface area is 178 Å². The molecule has 0 amide bonds. The van der Waals surface area contributed by atoms with Gasteiger partial charge in [-0.15, -0.1) is 0 Å².